The zero-order valence-corrected chi connectivity index (χ0v) is 10.0. The van der Waals surface area contributed by atoms with Gasteiger partial charge in [0.2, 0.25) is 0 Å². The quantitative estimate of drug-likeness (QED) is 0.706. The van der Waals surface area contributed by atoms with E-state index in [1.807, 2.05) is 0 Å². The summed E-state index contributed by atoms with van der Waals surface area (Å²) in [5, 5.41) is 19.7. The molecule has 0 aromatic carbocycles. The van der Waals surface area contributed by atoms with Gasteiger partial charge in [-0.05, 0) is 12.5 Å². The number of rotatable bonds is 1. The maximum absolute atomic E-state index is 12.0. The van der Waals surface area contributed by atoms with E-state index in [9.17, 15) is 9.90 Å². The van der Waals surface area contributed by atoms with Crippen LogP contribution >= 0.6 is 11.3 Å². The highest BCUT2D eigenvalue weighted by Gasteiger charge is 2.25. The van der Waals surface area contributed by atoms with Crippen LogP contribution in [0, 0.1) is 11.8 Å². The van der Waals surface area contributed by atoms with Gasteiger partial charge in [0.1, 0.15) is 6.61 Å². The van der Waals surface area contributed by atoms with Gasteiger partial charge in [0.15, 0.2) is 0 Å². The third kappa shape index (κ3) is 2.86. The number of thiophene rings is 1. The SMILES string of the molecule is O=C(c1csc(C#CCO)c1)N1CCC(O)C1. The largest absolute Gasteiger partial charge is 0.391 e. The zero-order valence-electron chi connectivity index (χ0n) is 9.22. The average Bonchev–Trinajstić information content (AvgIpc) is 2.94. The van der Waals surface area contributed by atoms with Gasteiger partial charge in [0.05, 0.1) is 16.5 Å². The number of β-amino-alcohol motifs (C(OH)–C–C–N with tert-alkyl or cyclic N) is 1. The zero-order chi connectivity index (χ0) is 12.3. The Morgan fingerprint density at radius 1 is 1.65 bits per heavy atom. The van der Waals surface area contributed by atoms with Gasteiger partial charge in [-0.2, -0.15) is 0 Å². The van der Waals surface area contributed by atoms with Crippen molar-refractivity contribution >= 4 is 17.2 Å². The molecule has 17 heavy (non-hydrogen) atoms. The average molecular weight is 251 g/mol. The molecular formula is C12H13NO3S. The number of nitrogens with zero attached hydrogens (tertiary/aromatic N) is 1. The Labute approximate surface area is 103 Å². The third-order valence-corrected chi connectivity index (χ3v) is 3.43. The predicted octanol–water partition coefficient (Wildman–Crippen LogP) is 0.299. The summed E-state index contributed by atoms with van der Waals surface area (Å²) in [4.78, 5) is 14.4. The number of aliphatic hydroxyl groups excluding tert-OH is 2. The molecule has 2 N–H and O–H groups in total. The molecule has 1 fully saturated rings. The van der Waals surface area contributed by atoms with E-state index in [4.69, 9.17) is 5.11 Å². The van der Waals surface area contributed by atoms with Gasteiger partial charge in [-0.25, -0.2) is 0 Å². The van der Waals surface area contributed by atoms with Crippen LogP contribution in [-0.4, -0.2) is 46.8 Å². The van der Waals surface area contributed by atoms with Gasteiger partial charge in [-0.15, -0.1) is 11.3 Å². The van der Waals surface area contributed by atoms with Crippen molar-refractivity contribution in [3.63, 3.8) is 0 Å². The Bertz CT molecular complexity index is 472. The second-order valence-corrected chi connectivity index (χ2v) is 4.76. The highest BCUT2D eigenvalue weighted by Crippen LogP contribution is 2.18. The van der Waals surface area contributed by atoms with E-state index >= 15 is 0 Å². The first-order chi connectivity index (χ1) is 8.20. The molecule has 0 spiro atoms. The van der Waals surface area contributed by atoms with E-state index in [1.165, 1.54) is 11.3 Å². The number of carbonyl (C=O) groups excluding carboxylic acids is 1. The van der Waals surface area contributed by atoms with Crippen molar-refractivity contribution in [1.29, 1.82) is 0 Å². The summed E-state index contributed by atoms with van der Waals surface area (Å²) in [5.74, 6) is 5.25. The van der Waals surface area contributed by atoms with Crippen LogP contribution in [0.15, 0.2) is 11.4 Å². The standard InChI is InChI=1S/C12H13NO3S/c14-5-1-2-11-6-9(8-17-11)12(16)13-4-3-10(15)7-13/h6,8,10,14-15H,3-5,7H2. The van der Waals surface area contributed by atoms with E-state index in [2.05, 4.69) is 11.8 Å². The van der Waals surface area contributed by atoms with Crippen LogP contribution in [0.25, 0.3) is 0 Å². The molecule has 0 saturated carbocycles. The molecule has 4 nitrogen and oxygen atoms in total. The smallest absolute Gasteiger partial charge is 0.254 e. The predicted molar refractivity (Wildman–Crippen MR) is 64.8 cm³/mol. The number of amides is 1. The first-order valence-corrected chi connectivity index (χ1v) is 6.24. The first-order valence-electron chi connectivity index (χ1n) is 5.36. The van der Waals surface area contributed by atoms with E-state index in [1.54, 1.807) is 16.3 Å². The molecule has 0 bridgehead atoms. The van der Waals surface area contributed by atoms with Gasteiger partial charge in [0.25, 0.3) is 5.91 Å². The van der Waals surface area contributed by atoms with Crippen LogP contribution in [0.4, 0.5) is 0 Å². The van der Waals surface area contributed by atoms with Gasteiger partial charge in [0, 0.05) is 18.5 Å². The highest BCUT2D eigenvalue weighted by molar-refractivity contribution is 7.10. The van der Waals surface area contributed by atoms with Crippen molar-refractivity contribution in [3.8, 4) is 11.8 Å². The van der Waals surface area contributed by atoms with Crippen LogP contribution in [-0.2, 0) is 0 Å². The summed E-state index contributed by atoms with van der Waals surface area (Å²) in [6.45, 7) is 0.833. The lowest BCUT2D eigenvalue weighted by molar-refractivity contribution is 0.0765. The van der Waals surface area contributed by atoms with E-state index in [0.29, 0.717) is 25.1 Å². The lowest BCUT2D eigenvalue weighted by Crippen LogP contribution is -2.29. The molecule has 1 atom stereocenters. The minimum absolute atomic E-state index is 0.0603. The molecule has 0 radical (unpaired) electrons. The molecule has 0 aliphatic carbocycles. The number of hydrogen-bond acceptors (Lipinski definition) is 4. The molecule has 1 unspecified atom stereocenters. The maximum Gasteiger partial charge on any atom is 0.254 e. The number of carbonyl (C=O) groups is 1. The van der Waals surface area contributed by atoms with Crippen molar-refractivity contribution < 1.29 is 15.0 Å². The molecule has 5 heteroatoms. The normalized spacial score (nSPS) is 18.9. The molecule has 1 aromatic rings. The summed E-state index contributed by atoms with van der Waals surface area (Å²) in [6.07, 6.45) is 0.249. The summed E-state index contributed by atoms with van der Waals surface area (Å²) in [7, 11) is 0. The Kier molecular flexibility index (Phi) is 3.79. The molecule has 2 rings (SSSR count). The van der Waals surface area contributed by atoms with E-state index < -0.39 is 6.10 Å². The van der Waals surface area contributed by atoms with Crippen molar-refractivity contribution in [2.24, 2.45) is 0 Å². The molecule has 90 valence electrons. The molecule has 1 aromatic heterocycles. The molecule has 1 aliphatic rings. The monoisotopic (exact) mass is 251 g/mol. The lowest BCUT2D eigenvalue weighted by atomic mass is 10.2. The molecule has 1 amide bonds. The fourth-order valence-electron chi connectivity index (χ4n) is 1.75. The Balaban J connectivity index is 2.07. The first kappa shape index (κ1) is 12.1. The van der Waals surface area contributed by atoms with Crippen molar-refractivity contribution in [1.82, 2.24) is 4.90 Å². The fourth-order valence-corrected chi connectivity index (χ4v) is 2.50. The number of hydrogen-bond donors (Lipinski definition) is 2. The van der Waals surface area contributed by atoms with Gasteiger partial charge in [-0.1, -0.05) is 11.8 Å². The topological polar surface area (TPSA) is 60.8 Å². The maximum atomic E-state index is 12.0. The highest BCUT2D eigenvalue weighted by atomic mass is 32.1. The molecule has 2 heterocycles. The Morgan fingerprint density at radius 3 is 3.12 bits per heavy atom. The van der Waals surface area contributed by atoms with Crippen molar-refractivity contribution in [2.75, 3.05) is 19.7 Å². The van der Waals surface area contributed by atoms with Crippen LogP contribution in [0.1, 0.15) is 21.7 Å². The van der Waals surface area contributed by atoms with Crippen molar-refractivity contribution in [2.45, 2.75) is 12.5 Å². The molecule has 1 saturated heterocycles. The number of aliphatic hydroxyl groups is 2. The molecular weight excluding hydrogens is 238 g/mol. The minimum atomic E-state index is -0.397. The Morgan fingerprint density at radius 2 is 2.47 bits per heavy atom. The van der Waals surface area contributed by atoms with Gasteiger partial charge >= 0.3 is 0 Å². The van der Waals surface area contributed by atoms with Crippen LogP contribution < -0.4 is 0 Å². The van der Waals surface area contributed by atoms with Gasteiger partial charge in [-0.3, -0.25) is 4.79 Å². The van der Waals surface area contributed by atoms with Crippen LogP contribution in [0.5, 0.6) is 0 Å². The van der Waals surface area contributed by atoms with Gasteiger partial charge < -0.3 is 15.1 Å². The van der Waals surface area contributed by atoms with Crippen LogP contribution in [0.3, 0.4) is 0 Å². The lowest BCUT2D eigenvalue weighted by Gasteiger charge is -2.13. The summed E-state index contributed by atoms with van der Waals surface area (Å²) < 4.78 is 0. The van der Waals surface area contributed by atoms with E-state index in [-0.39, 0.29) is 12.5 Å². The minimum Gasteiger partial charge on any atom is -0.391 e. The molecule has 1 aliphatic heterocycles. The van der Waals surface area contributed by atoms with Crippen molar-refractivity contribution in [3.05, 3.63) is 21.9 Å². The summed E-state index contributed by atoms with van der Waals surface area (Å²) in [5.41, 5.74) is 0.603. The summed E-state index contributed by atoms with van der Waals surface area (Å²) in [6, 6.07) is 1.72. The Hall–Kier alpha value is -1.35. The van der Waals surface area contributed by atoms with Crippen LogP contribution in [0.2, 0.25) is 0 Å². The van der Waals surface area contributed by atoms with E-state index in [0.717, 1.165) is 4.88 Å². The second-order valence-electron chi connectivity index (χ2n) is 3.85. The fraction of sp³-hybridized carbons (Fsp3) is 0.417. The second kappa shape index (κ2) is 5.32. The number of likely N-dealkylation sites (tertiary alicyclic amines) is 1. The third-order valence-electron chi connectivity index (χ3n) is 2.59. The summed E-state index contributed by atoms with van der Waals surface area (Å²) >= 11 is 1.38.